The van der Waals surface area contributed by atoms with E-state index in [2.05, 4.69) is 4.99 Å². The van der Waals surface area contributed by atoms with E-state index in [-0.39, 0.29) is 10.5 Å². The van der Waals surface area contributed by atoms with E-state index in [1.54, 1.807) is 6.92 Å². The summed E-state index contributed by atoms with van der Waals surface area (Å²) in [4.78, 5) is 3.31. The molecular formula is C3H4Cl2N2. The quantitative estimate of drug-likeness (QED) is 0.302. The molecule has 0 aliphatic carbocycles. The van der Waals surface area contributed by atoms with E-state index in [1.807, 2.05) is 0 Å². The number of hydrogen-bond acceptors (Lipinski definition) is 1. The zero-order valence-corrected chi connectivity index (χ0v) is 5.22. The largest absolute Gasteiger partial charge is 0.272 e. The van der Waals surface area contributed by atoms with Gasteiger partial charge in [0.05, 0.1) is 0 Å². The van der Waals surface area contributed by atoms with Crippen LogP contribution in [0.5, 0.6) is 0 Å². The Kier molecular flexibility index (Phi) is 2.96. The number of nitrogens with one attached hydrogen (secondary N) is 1. The van der Waals surface area contributed by atoms with Gasteiger partial charge in [0.15, 0.2) is 0 Å². The van der Waals surface area contributed by atoms with Crippen LogP contribution in [0.4, 0.5) is 0 Å². The lowest BCUT2D eigenvalue weighted by atomic mass is 10.9. The lowest BCUT2D eigenvalue weighted by Gasteiger charge is -1.79. The van der Waals surface area contributed by atoms with Gasteiger partial charge in [-0.2, -0.15) is 0 Å². The molecule has 0 atom stereocenters. The van der Waals surface area contributed by atoms with E-state index in [1.165, 1.54) is 0 Å². The van der Waals surface area contributed by atoms with Crippen molar-refractivity contribution in [1.29, 1.82) is 5.41 Å². The third kappa shape index (κ3) is 5.92. The highest BCUT2D eigenvalue weighted by Crippen LogP contribution is 1.87. The molecule has 0 aliphatic rings. The summed E-state index contributed by atoms with van der Waals surface area (Å²) in [6.07, 6.45) is 0. The smallest absolute Gasteiger partial charge is 0.215 e. The van der Waals surface area contributed by atoms with Crippen LogP contribution in [0.1, 0.15) is 6.92 Å². The molecule has 0 aliphatic heterocycles. The monoisotopic (exact) mass is 138 g/mol. The van der Waals surface area contributed by atoms with Crippen molar-refractivity contribution >= 4 is 33.7 Å². The number of aliphatic imine (C=N–C) groups is 1. The van der Waals surface area contributed by atoms with Crippen LogP contribution < -0.4 is 0 Å². The summed E-state index contributed by atoms with van der Waals surface area (Å²) in [5.41, 5.74) is 0. The van der Waals surface area contributed by atoms with Crippen molar-refractivity contribution in [3.05, 3.63) is 0 Å². The van der Waals surface area contributed by atoms with Crippen molar-refractivity contribution in [2.24, 2.45) is 4.99 Å². The van der Waals surface area contributed by atoms with Gasteiger partial charge in [0.2, 0.25) is 5.29 Å². The molecule has 0 saturated heterocycles. The van der Waals surface area contributed by atoms with Gasteiger partial charge in [-0.05, 0) is 18.5 Å². The maximum atomic E-state index is 6.52. The Morgan fingerprint density at radius 2 is 2.00 bits per heavy atom. The van der Waals surface area contributed by atoms with Crippen molar-refractivity contribution in [3.8, 4) is 0 Å². The number of rotatable bonds is 0. The zero-order valence-electron chi connectivity index (χ0n) is 3.70. The van der Waals surface area contributed by atoms with E-state index < -0.39 is 0 Å². The third-order valence-corrected chi connectivity index (χ3v) is 0.421. The Balaban J connectivity index is 3.68. The summed E-state index contributed by atoms with van der Waals surface area (Å²) in [6.45, 7) is 1.55. The van der Waals surface area contributed by atoms with Crippen LogP contribution in [0.25, 0.3) is 0 Å². The SMILES string of the molecule is C/C(Cl)=N\C(=N)Cl. The molecular weight excluding hydrogens is 135 g/mol. The molecule has 0 saturated carbocycles. The Bertz CT molecular complexity index is 104. The van der Waals surface area contributed by atoms with Crippen molar-refractivity contribution in [1.82, 2.24) is 0 Å². The molecule has 0 aromatic carbocycles. The summed E-state index contributed by atoms with van der Waals surface area (Å²) >= 11 is 10.2. The Morgan fingerprint density at radius 3 is 2.00 bits per heavy atom. The van der Waals surface area contributed by atoms with Gasteiger partial charge in [0, 0.05) is 0 Å². The van der Waals surface area contributed by atoms with Gasteiger partial charge in [-0.25, -0.2) is 4.99 Å². The number of hydrogen-bond donors (Lipinski definition) is 1. The van der Waals surface area contributed by atoms with Gasteiger partial charge in [0.25, 0.3) is 0 Å². The summed E-state index contributed by atoms with van der Waals surface area (Å²) in [5, 5.41) is 6.51. The summed E-state index contributed by atoms with van der Waals surface area (Å²) < 4.78 is 0. The van der Waals surface area contributed by atoms with Crippen molar-refractivity contribution in [3.63, 3.8) is 0 Å². The van der Waals surface area contributed by atoms with Gasteiger partial charge in [-0.1, -0.05) is 11.6 Å². The molecule has 0 fully saturated rings. The maximum absolute atomic E-state index is 6.52. The minimum atomic E-state index is -0.285. The lowest BCUT2D eigenvalue weighted by molar-refractivity contribution is 1.49. The van der Waals surface area contributed by atoms with Crippen LogP contribution in [0.3, 0.4) is 0 Å². The van der Waals surface area contributed by atoms with Crippen LogP contribution in [0.15, 0.2) is 4.99 Å². The molecule has 0 amide bonds. The van der Waals surface area contributed by atoms with Crippen molar-refractivity contribution in [2.75, 3.05) is 0 Å². The highest BCUT2D eigenvalue weighted by molar-refractivity contribution is 6.70. The first kappa shape index (κ1) is 6.92. The zero-order chi connectivity index (χ0) is 5.86. The second-order valence-corrected chi connectivity index (χ2v) is 1.80. The van der Waals surface area contributed by atoms with Crippen molar-refractivity contribution < 1.29 is 0 Å². The minimum Gasteiger partial charge on any atom is -0.272 e. The second kappa shape index (κ2) is 2.99. The topological polar surface area (TPSA) is 36.2 Å². The van der Waals surface area contributed by atoms with Crippen LogP contribution >= 0.6 is 23.2 Å². The predicted octanol–water partition coefficient (Wildman–Crippen LogP) is 1.82. The fraction of sp³-hybridized carbons (Fsp3) is 0.333. The molecule has 1 N–H and O–H groups in total. The molecule has 7 heavy (non-hydrogen) atoms. The van der Waals surface area contributed by atoms with E-state index in [9.17, 15) is 0 Å². The summed E-state index contributed by atoms with van der Waals surface area (Å²) in [6, 6.07) is 0. The first-order valence-electron chi connectivity index (χ1n) is 1.58. The van der Waals surface area contributed by atoms with Gasteiger partial charge in [-0.3, -0.25) is 5.41 Å². The van der Waals surface area contributed by atoms with E-state index in [4.69, 9.17) is 28.6 Å². The standard InChI is InChI=1S/C3H4Cl2N2/c1-2(4)7-3(5)6/h6H,1H3/b6-3?,7-2+. The molecule has 0 radical (unpaired) electrons. The Labute approximate surface area is 51.7 Å². The second-order valence-electron chi connectivity index (χ2n) is 0.900. The molecule has 0 unspecified atom stereocenters. The molecule has 40 valence electrons. The number of nitrogens with zero attached hydrogens (tertiary/aromatic N) is 1. The van der Waals surface area contributed by atoms with Crippen LogP contribution in [0, 0.1) is 5.41 Å². The van der Waals surface area contributed by atoms with Crippen LogP contribution in [0.2, 0.25) is 0 Å². The minimum absolute atomic E-state index is 0.278. The first-order chi connectivity index (χ1) is 3.13. The Morgan fingerprint density at radius 1 is 1.57 bits per heavy atom. The highest BCUT2D eigenvalue weighted by Gasteiger charge is 1.82. The molecule has 2 nitrogen and oxygen atoms in total. The fourth-order valence-corrected chi connectivity index (χ4v) is 0.390. The fourth-order valence-electron chi connectivity index (χ4n) is 0.135. The molecule has 0 aromatic heterocycles. The van der Waals surface area contributed by atoms with Gasteiger partial charge in [-0.15, -0.1) is 0 Å². The molecule has 0 bridgehead atoms. The number of halogens is 2. The molecule has 0 heterocycles. The van der Waals surface area contributed by atoms with Crippen molar-refractivity contribution in [2.45, 2.75) is 6.92 Å². The molecule has 4 heteroatoms. The average molecular weight is 139 g/mol. The lowest BCUT2D eigenvalue weighted by Crippen LogP contribution is -1.80. The number of amidine groups is 1. The average Bonchev–Trinajstić information content (AvgIpc) is 1.27. The summed E-state index contributed by atoms with van der Waals surface area (Å²) in [7, 11) is 0. The Hall–Kier alpha value is -0.0800. The summed E-state index contributed by atoms with van der Waals surface area (Å²) in [5.74, 6) is 0. The maximum Gasteiger partial charge on any atom is 0.215 e. The van der Waals surface area contributed by atoms with Crippen LogP contribution in [-0.2, 0) is 0 Å². The van der Waals surface area contributed by atoms with Gasteiger partial charge in [0.1, 0.15) is 5.17 Å². The van der Waals surface area contributed by atoms with Gasteiger partial charge < -0.3 is 0 Å². The third-order valence-electron chi connectivity index (χ3n) is 0.252. The highest BCUT2D eigenvalue weighted by atomic mass is 35.5. The van der Waals surface area contributed by atoms with Crippen LogP contribution in [-0.4, -0.2) is 10.5 Å². The first-order valence-corrected chi connectivity index (χ1v) is 2.33. The van der Waals surface area contributed by atoms with E-state index in [0.29, 0.717) is 0 Å². The van der Waals surface area contributed by atoms with E-state index in [0.717, 1.165) is 0 Å². The predicted molar refractivity (Wildman–Crippen MR) is 32.5 cm³/mol. The molecule has 0 spiro atoms. The molecule has 0 aromatic rings. The molecule has 0 rings (SSSR count). The van der Waals surface area contributed by atoms with Gasteiger partial charge >= 0.3 is 0 Å². The normalized spacial score (nSPS) is 11.6. The van der Waals surface area contributed by atoms with E-state index >= 15 is 0 Å².